The van der Waals surface area contributed by atoms with Gasteiger partial charge < -0.3 is 4.74 Å². The molecule has 1 fully saturated rings. The Hall–Kier alpha value is -1.84. The van der Waals surface area contributed by atoms with E-state index in [0.29, 0.717) is 20.7 Å². The summed E-state index contributed by atoms with van der Waals surface area (Å²) in [6.45, 7) is 8.55. The lowest BCUT2D eigenvalue weighted by Gasteiger charge is -2.34. The van der Waals surface area contributed by atoms with Gasteiger partial charge >= 0.3 is 0 Å². The number of carbonyl (C=O) groups is 1. The second-order valence-corrected chi connectivity index (χ2v) is 9.78. The summed E-state index contributed by atoms with van der Waals surface area (Å²) < 4.78 is 5.78. The first kappa shape index (κ1) is 21.4. The zero-order chi connectivity index (χ0) is 21.3. The number of rotatable bonds is 5. The summed E-state index contributed by atoms with van der Waals surface area (Å²) in [5.74, 6) is -0.181. The van der Waals surface area contributed by atoms with Crippen molar-refractivity contribution in [2.45, 2.75) is 39.5 Å². The Balaban J connectivity index is 1.41. The Morgan fingerprint density at radius 1 is 1.23 bits per heavy atom. The van der Waals surface area contributed by atoms with Crippen molar-refractivity contribution >= 4 is 45.3 Å². The minimum Gasteiger partial charge on any atom is -0.373 e. The third-order valence-corrected chi connectivity index (χ3v) is 7.01. The van der Waals surface area contributed by atoms with Crippen LogP contribution in [0.25, 0.3) is 10.6 Å². The molecular weight excluding hydrogens is 440 g/mol. The van der Waals surface area contributed by atoms with Crippen LogP contribution in [0.3, 0.4) is 0 Å². The van der Waals surface area contributed by atoms with Crippen LogP contribution in [0.5, 0.6) is 0 Å². The van der Waals surface area contributed by atoms with Gasteiger partial charge in [-0.15, -0.1) is 22.7 Å². The van der Waals surface area contributed by atoms with E-state index < -0.39 is 0 Å². The SMILES string of the molecule is Cc1nc(-c2ccc(Cl)cc2)sc1C(=O)Nc1nc(CN2CC(C)OC(C)C2)cs1. The first-order valence-corrected chi connectivity index (χ1v) is 11.8. The maximum atomic E-state index is 12.8. The number of thiazole rings is 2. The van der Waals surface area contributed by atoms with Gasteiger partial charge in [-0.05, 0) is 32.9 Å². The number of hydrogen-bond acceptors (Lipinski definition) is 7. The molecule has 2 aromatic heterocycles. The van der Waals surface area contributed by atoms with E-state index in [9.17, 15) is 4.79 Å². The molecule has 1 N–H and O–H groups in total. The van der Waals surface area contributed by atoms with E-state index >= 15 is 0 Å². The van der Waals surface area contributed by atoms with Crippen molar-refractivity contribution < 1.29 is 9.53 Å². The van der Waals surface area contributed by atoms with Crippen LogP contribution in [0.2, 0.25) is 5.02 Å². The average molecular weight is 463 g/mol. The Bertz CT molecular complexity index is 1020. The van der Waals surface area contributed by atoms with E-state index in [1.54, 1.807) is 0 Å². The molecule has 1 aliphatic rings. The van der Waals surface area contributed by atoms with Gasteiger partial charge in [0.15, 0.2) is 5.13 Å². The van der Waals surface area contributed by atoms with Gasteiger partial charge in [0.1, 0.15) is 9.88 Å². The minimum absolute atomic E-state index is 0.181. The zero-order valence-corrected chi connectivity index (χ0v) is 19.4. The molecule has 0 spiro atoms. The molecule has 158 valence electrons. The van der Waals surface area contributed by atoms with Gasteiger partial charge in [0.25, 0.3) is 5.91 Å². The second-order valence-electron chi connectivity index (χ2n) is 7.49. The molecule has 3 heterocycles. The number of amides is 1. The smallest absolute Gasteiger partial charge is 0.269 e. The summed E-state index contributed by atoms with van der Waals surface area (Å²) in [7, 11) is 0. The lowest BCUT2D eigenvalue weighted by Crippen LogP contribution is -2.44. The predicted octanol–water partition coefficient (Wildman–Crippen LogP) is 5.09. The van der Waals surface area contributed by atoms with Crippen molar-refractivity contribution in [3.8, 4) is 10.6 Å². The molecule has 1 aliphatic heterocycles. The molecular formula is C21H23ClN4O2S2. The summed E-state index contributed by atoms with van der Waals surface area (Å²) in [5.41, 5.74) is 2.60. The Morgan fingerprint density at radius 3 is 2.63 bits per heavy atom. The molecule has 0 saturated carbocycles. The summed E-state index contributed by atoms with van der Waals surface area (Å²) in [4.78, 5) is 24.9. The Labute approximate surface area is 188 Å². The van der Waals surface area contributed by atoms with Crippen molar-refractivity contribution in [2.24, 2.45) is 0 Å². The summed E-state index contributed by atoms with van der Waals surface area (Å²) in [5, 5.41) is 6.99. The van der Waals surface area contributed by atoms with Crippen LogP contribution >= 0.6 is 34.3 Å². The van der Waals surface area contributed by atoms with Crippen LogP contribution in [-0.4, -0.2) is 46.1 Å². The average Bonchev–Trinajstić information content (AvgIpc) is 3.28. The molecule has 2 atom stereocenters. The monoisotopic (exact) mass is 462 g/mol. The van der Waals surface area contributed by atoms with Gasteiger partial charge in [-0.1, -0.05) is 23.7 Å². The van der Waals surface area contributed by atoms with E-state index in [-0.39, 0.29) is 18.1 Å². The van der Waals surface area contributed by atoms with Crippen LogP contribution in [0.15, 0.2) is 29.6 Å². The van der Waals surface area contributed by atoms with E-state index in [1.165, 1.54) is 22.7 Å². The maximum Gasteiger partial charge on any atom is 0.269 e. The number of halogens is 1. The van der Waals surface area contributed by atoms with Crippen molar-refractivity contribution in [3.63, 3.8) is 0 Å². The topological polar surface area (TPSA) is 67.4 Å². The molecule has 30 heavy (non-hydrogen) atoms. The van der Waals surface area contributed by atoms with E-state index in [1.807, 2.05) is 36.6 Å². The Morgan fingerprint density at radius 2 is 1.93 bits per heavy atom. The largest absolute Gasteiger partial charge is 0.373 e. The lowest BCUT2D eigenvalue weighted by molar-refractivity contribution is -0.0707. The predicted molar refractivity (Wildman–Crippen MR) is 123 cm³/mol. The van der Waals surface area contributed by atoms with Gasteiger partial charge in [0, 0.05) is 35.6 Å². The molecule has 4 rings (SSSR count). The highest BCUT2D eigenvalue weighted by Gasteiger charge is 2.23. The number of nitrogens with zero attached hydrogens (tertiary/aromatic N) is 3. The van der Waals surface area contributed by atoms with Crippen LogP contribution < -0.4 is 5.32 Å². The second kappa shape index (κ2) is 9.11. The minimum atomic E-state index is -0.181. The molecule has 9 heteroatoms. The fourth-order valence-corrected chi connectivity index (χ4v) is 5.35. The highest BCUT2D eigenvalue weighted by atomic mass is 35.5. The van der Waals surface area contributed by atoms with E-state index in [0.717, 1.165) is 35.9 Å². The number of benzene rings is 1. The van der Waals surface area contributed by atoms with Gasteiger partial charge in [-0.2, -0.15) is 0 Å². The molecule has 0 bridgehead atoms. The number of nitrogens with one attached hydrogen (secondary N) is 1. The lowest BCUT2D eigenvalue weighted by atomic mass is 10.2. The number of hydrogen-bond donors (Lipinski definition) is 1. The fourth-order valence-electron chi connectivity index (χ4n) is 3.56. The normalized spacial score (nSPS) is 19.7. The van der Waals surface area contributed by atoms with Crippen molar-refractivity contribution in [3.05, 3.63) is 50.9 Å². The highest BCUT2D eigenvalue weighted by Crippen LogP contribution is 2.30. The fraction of sp³-hybridized carbons (Fsp3) is 0.381. The van der Waals surface area contributed by atoms with Crippen molar-refractivity contribution in [1.82, 2.24) is 14.9 Å². The summed E-state index contributed by atoms with van der Waals surface area (Å²) in [6.07, 6.45) is 0.436. The van der Waals surface area contributed by atoms with Crippen LogP contribution in [-0.2, 0) is 11.3 Å². The zero-order valence-electron chi connectivity index (χ0n) is 17.0. The van der Waals surface area contributed by atoms with Gasteiger partial charge in [-0.3, -0.25) is 15.0 Å². The molecule has 6 nitrogen and oxygen atoms in total. The number of aromatic nitrogens is 2. The number of ether oxygens (including phenoxy) is 1. The van der Waals surface area contributed by atoms with Gasteiger partial charge in [0.2, 0.25) is 0 Å². The third kappa shape index (κ3) is 5.07. The first-order valence-electron chi connectivity index (χ1n) is 9.74. The Kier molecular flexibility index (Phi) is 6.50. The van der Waals surface area contributed by atoms with Crippen LogP contribution in [0.1, 0.15) is 34.9 Å². The number of carbonyl (C=O) groups excluding carboxylic acids is 1. The van der Waals surface area contributed by atoms with Crippen LogP contribution in [0, 0.1) is 6.92 Å². The van der Waals surface area contributed by atoms with Crippen LogP contribution in [0.4, 0.5) is 5.13 Å². The standard InChI is InChI=1S/C21H23ClN4O2S2/c1-12-8-26(9-13(2)28-12)10-17-11-29-21(24-17)25-19(27)18-14(3)23-20(30-18)15-4-6-16(22)7-5-15/h4-7,11-13H,8-10H2,1-3H3,(H,24,25,27). The highest BCUT2D eigenvalue weighted by molar-refractivity contribution is 7.17. The van der Waals surface area contributed by atoms with E-state index in [4.69, 9.17) is 16.3 Å². The number of morpholine rings is 1. The molecule has 1 aromatic carbocycles. The molecule has 1 amide bonds. The molecule has 0 aliphatic carbocycles. The van der Waals surface area contributed by atoms with Crippen molar-refractivity contribution in [2.75, 3.05) is 18.4 Å². The quantitative estimate of drug-likeness (QED) is 0.572. The third-order valence-electron chi connectivity index (χ3n) is 4.75. The van der Waals surface area contributed by atoms with E-state index in [2.05, 4.69) is 34.0 Å². The number of aryl methyl sites for hydroxylation is 1. The van der Waals surface area contributed by atoms with Gasteiger partial charge in [-0.25, -0.2) is 9.97 Å². The molecule has 0 radical (unpaired) electrons. The first-order chi connectivity index (χ1) is 14.4. The maximum absolute atomic E-state index is 12.8. The number of anilines is 1. The molecule has 1 saturated heterocycles. The van der Waals surface area contributed by atoms with Gasteiger partial charge in [0.05, 0.1) is 23.6 Å². The summed E-state index contributed by atoms with van der Waals surface area (Å²) in [6, 6.07) is 7.45. The molecule has 2 unspecified atom stereocenters. The molecule has 3 aromatic rings. The summed E-state index contributed by atoms with van der Waals surface area (Å²) >= 11 is 8.77. The van der Waals surface area contributed by atoms with Crippen molar-refractivity contribution in [1.29, 1.82) is 0 Å².